The van der Waals surface area contributed by atoms with Crippen LogP contribution in [-0.4, -0.2) is 21.5 Å². The predicted octanol–water partition coefficient (Wildman–Crippen LogP) is 3.14. The maximum absolute atomic E-state index is 11.8. The number of hydrogen-bond acceptors (Lipinski definition) is 4. The molecule has 0 spiro atoms. The molecule has 6 heteroatoms. The van der Waals surface area contributed by atoms with E-state index in [-0.39, 0.29) is 5.56 Å². The highest BCUT2D eigenvalue weighted by Gasteiger charge is 2.04. The van der Waals surface area contributed by atoms with Crippen LogP contribution in [-0.2, 0) is 6.42 Å². The van der Waals surface area contributed by atoms with E-state index in [2.05, 4.69) is 20.3 Å². The first kappa shape index (κ1) is 15.2. The Kier molecular flexibility index (Phi) is 4.68. The molecule has 0 fully saturated rings. The van der Waals surface area contributed by atoms with Crippen molar-refractivity contribution in [2.45, 2.75) is 6.42 Å². The Labute approximate surface area is 138 Å². The third kappa shape index (κ3) is 3.96. The summed E-state index contributed by atoms with van der Waals surface area (Å²) in [4.78, 5) is 22.9. The van der Waals surface area contributed by atoms with Gasteiger partial charge in [0.05, 0.1) is 5.69 Å². The minimum atomic E-state index is -0.202. The number of anilines is 1. The first-order chi connectivity index (χ1) is 11.2. The number of pyridine rings is 1. The summed E-state index contributed by atoms with van der Waals surface area (Å²) in [6, 6.07) is 12.8. The zero-order valence-electron chi connectivity index (χ0n) is 12.3. The van der Waals surface area contributed by atoms with Crippen molar-refractivity contribution < 1.29 is 0 Å². The van der Waals surface area contributed by atoms with Crippen LogP contribution < -0.4 is 10.9 Å². The maximum atomic E-state index is 11.8. The van der Waals surface area contributed by atoms with E-state index < -0.39 is 0 Å². The summed E-state index contributed by atoms with van der Waals surface area (Å²) in [5.41, 5.74) is 2.30. The molecule has 0 radical (unpaired) electrons. The average molecular weight is 327 g/mol. The lowest BCUT2D eigenvalue weighted by Crippen LogP contribution is -2.14. The molecular formula is C17H15ClN4O. The zero-order chi connectivity index (χ0) is 16.1. The molecule has 3 aromatic rings. The smallest absolute Gasteiger partial charge is 0.252 e. The monoisotopic (exact) mass is 326 g/mol. The van der Waals surface area contributed by atoms with Gasteiger partial charge in [0.2, 0.25) is 5.95 Å². The molecule has 23 heavy (non-hydrogen) atoms. The number of hydrogen-bond donors (Lipinski definition) is 2. The number of nitrogens with zero attached hydrogens (tertiary/aromatic N) is 2. The van der Waals surface area contributed by atoms with Gasteiger partial charge in [-0.2, -0.15) is 0 Å². The zero-order valence-corrected chi connectivity index (χ0v) is 13.0. The van der Waals surface area contributed by atoms with Crippen LogP contribution in [0.25, 0.3) is 11.3 Å². The summed E-state index contributed by atoms with van der Waals surface area (Å²) < 4.78 is 0. The molecule has 0 atom stereocenters. The summed E-state index contributed by atoms with van der Waals surface area (Å²) >= 11 is 6.13. The van der Waals surface area contributed by atoms with Crippen molar-refractivity contribution in [2.24, 2.45) is 0 Å². The second-order valence-corrected chi connectivity index (χ2v) is 5.39. The Hall–Kier alpha value is -2.66. The SMILES string of the molecule is O=c1cc(-c2ccncc2)nc(NCCc2ccccc2Cl)[nH]1. The second kappa shape index (κ2) is 7.07. The summed E-state index contributed by atoms with van der Waals surface area (Å²) in [5.74, 6) is 0.441. The molecule has 0 amide bonds. The molecule has 0 saturated heterocycles. The van der Waals surface area contributed by atoms with Crippen LogP contribution in [0.1, 0.15) is 5.56 Å². The highest BCUT2D eigenvalue weighted by Crippen LogP contribution is 2.16. The fourth-order valence-electron chi connectivity index (χ4n) is 2.23. The van der Waals surface area contributed by atoms with Crippen molar-refractivity contribution >= 4 is 17.5 Å². The lowest BCUT2D eigenvalue weighted by atomic mass is 10.1. The van der Waals surface area contributed by atoms with Crippen molar-refractivity contribution in [3.63, 3.8) is 0 Å². The second-order valence-electron chi connectivity index (χ2n) is 4.98. The molecule has 2 heterocycles. The van der Waals surface area contributed by atoms with E-state index in [0.29, 0.717) is 18.2 Å². The molecule has 5 nitrogen and oxygen atoms in total. The number of benzene rings is 1. The Balaban J connectivity index is 1.72. The number of H-pyrrole nitrogens is 1. The van der Waals surface area contributed by atoms with Crippen molar-refractivity contribution in [3.8, 4) is 11.3 Å². The van der Waals surface area contributed by atoms with Gasteiger partial charge in [0, 0.05) is 35.6 Å². The van der Waals surface area contributed by atoms with Crippen molar-refractivity contribution in [2.75, 3.05) is 11.9 Å². The van der Waals surface area contributed by atoms with Crippen molar-refractivity contribution in [1.29, 1.82) is 0 Å². The normalized spacial score (nSPS) is 10.5. The highest BCUT2D eigenvalue weighted by molar-refractivity contribution is 6.31. The average Bonchev–Trinajstić information content (AvgIpc) is 2.57. The lowest BCUT2D eigenvalue weighted by Gasteiger charge is -2.08. The molecule has 0 unspecified atom stereocenters. The van der Waals surface area contributed by atoms with Gasteiger partial charge in [-0.25, -0.2) is 4.98 Å². The first-order valence-electron chi connectivity index (χ1n) is 7.21. The lowest BCUT2D eigenvalue weighted by molar-refractivity contribution is 0.978. The molecule has 0 bridgehead atoms. The summed E-state index contributed by atoms with van der Waals surface area (Å²) in [6.45, 7) is 0.618. The molecule has 2 N–H and O–H groups in total. The summed E-state index contributed by atoms with van der Waals surface area (Å²) in [7, 11) is 0. The van der Waals surface area contributed by atoms with Gasteiger partial charge in [-0.15, -0.1) is 0 Å². The molecule has 0 saturated carbocycles. The van der Waals surface area contributed by atoms with Crippen LogP contribution in [0, 0.1) is 0 Å². The van der Waals surface area contributed by atoms with Gasteiger partial charge in [0.1, 0.15) is 0 Å². The highest BCUT2D eigenvalue weighted by atomic mass is 35.5. The van der Waals surface area contributed by atoms with E-state index in [4.69, 9.17) is 11.6 Å². The maximum Gasteiger partial charge on any atom is 0.252 e. The summed E-state index contributed by atoms with van der Waals surface area (Å²) in [5, 5.41) is 3.87. The van der Waals surface area contributed by atoms with E-state index in [9.17, 15) is 4.79 Å². The van der Waals surface area contributed by atoms with Gasteiger partial charge >= 0.3 is 0 Å². The van der Waals surface area contributed by atoms with Crippen LogP contribution in [0.2, 0.25) is 5.02 Å². The minimum Gasteiger partial charge on any atom is -0.355 e. The third-order valence-corrected chi connectivity index (χ3v) is 3.73. The van der Waals surface area contributed by atoms with Crippen LogP contribution in [0.5, 0.6) is 0 Å². The van der Waals surface area contributed by atoms with Crippen LogP contribution >= 0.6 is 11.6 Å². The van der Waals surface area contributed by atoms with Gasteiger partial charge in [-0.1, -0.05) is 29.8 Å². The quantitative estimate of drug-likeness (QED) is 0.755. The fourth-order valence-corrected chi connectivity index (χ4v) is 2.46. The molecule has 0 aliphatic heterocycles. The molecule has 0 aliphatic carbocycles. The van der Waals surface area contributed by atoms with E-state index in [1.807, 2.05) is 36.4 Å². The van der Waals surface area contributed by atoms with Gasteiger partial charge in [-0.3, -0.25) is 14.8 Å². The Morgan fingerprint density at radius 1 is 1.13 bits per heavy atom. The number of aromatic amines is 1. The molecule has 1 aromatic carbocycles. The number of rotatable bonds is 5. The number of nitrogens with one attached hydrogen (secondary N) is 2. The summed E-state index contributed by atoms with van der Waals surface area (Å²) in [6.07, 6.45) is 4.08. The van der Waals surface area contributed by atoms with Gasteiger partial charge in [0.15, 0.2) is 0 Å². The molecule has 2 aromatic heterocycles. The van der Waals surface area contributed by atoms with Crippen molar-refractivity contribution in [1.82, 2.24) is 15.0 Å². The Bertz CT molecular complexity index is 848. The molecule has 116 valence electrons. The van der Waals surface area contributed by atoms with E-state index in [1.165, 1.54) is 6.07 Å². The molecule has 3 rings (SSSR count). The number of halogens is 1. The largest absolute Gasteiger partial charge is 0.355 e. The van der Waals surface area contributed by atoms with E-state index >= 15 is 0 Å². The van der Waals surface area contributed by atoms with Crippen LogP contribution in [0.4, 0.5) is 5.95 Å². The first-order valence-corrected chi connectivity index (χ1v) is 7.59. The topological polar surface area (TPSA) is 70.7 Å². The predicted molar refractivity (Wildman–Crippen MR) is 91.7 cm³/mol. The third-order valence-electron chi connectivity index (χ3n) is 3.36. The number of aromatic nitrogens is 3. The molecule has 0 aliphatic rings. The Morgan fingerprint density at radius 3 is 2.70 bits per heavy atom. The van der Waals surface area contributed by atoms with Gasteiger partial charge in [0.25, 0.3) is 5.56 Å². The molecular weight excluding hydrogens is 312 g/mol. The fraction of sp³-hybridized carbons (Fsp3) is 0.118. The standard InChI is InChI=1S/C17H15ClN4O/c18-14-4-2-1-3-12(14)7-10-20-17-21-15(11-16(23)22-17)13-5-8-19-9-6-13/h1-6,8-9,11H,7,10H2,(H2,20,21,22,23). The van der Waals surface area contributed by atoms with Crippen LogP contribution in [0.15, 0.2) is 59.7 Å². The van der Waals surface area contributed by atoms with Crippen molar-refractivity contribution in [3.05, 3.63) is 75.8 Å². The van der Waals surface area contributed by atoms with Gasteiger partial charge in [-0.05, 0) is 30.2 Å². The van der Waals surface area contributed by atoms with E-state index in [1.54, 1.807) is 12.4 Å². The van der Waals surface area contributed by atoms with Gasteiger partial charge < -0.3 is 5.32 Å². The minimum absolute atomic E-state index is 0.202. The Morgan fingerprint density at radius 2 is 1.91 bits per heavy atom. The van der Waals surface area contributed by atoms with Crippen LogP contribution in [0.3, 0.4) is 0 Å². The van der Waals surface area contributed by atoms with E-state index in [0.717, 1.165) is 22.6 Å².